The first-order valence-corrected chi connectivity index (χ1v) is 9.00. The Morgan fingerprint density at radius 1 is 1.12 bits per heavy atom. The molecule has 1 aromatic heterocycles. The van der Waals surface area contributed by atoms with Gasteiger partial charge in [0.15, 0.2) is 11.2 Å². The van der Waals surface area contributed by atoms with E-state index in [0.29, 0.717) is 10.7 Å². The first-order chi connectivity index (χ1) is 12.5. The van der Waals surface area contributed by atoms with Crippen molar-refractivity contribution in [3.05, 3.63) is 71.1 Å². The minimum atomic E-state index is -0.924. The SMILES string of the molecule is Cc1cccc(C(=O)O[C@H](C)C(=O)Nc2nc(-c3ccccc3)cs2)c1. The number of hydrogen-bond donors (Lipinski definition) is 1. The maximum absolute atomic E-state index is 12.3. The van der Waals surface area contributed by atoms with Gasteiger partial charge >= 0.3 is 5.97 Å². The molecule has 1 amide bonds. The number of thiazole rings is 1. The smallest absolute Gasteiger partial charge is 0.338 e. The normalized spacial score (nSPS) is 11.6. The molecule has 1 atom stereocenters. The minimum absolute atomic E-state index is 0.417. The van der Waals surface area contributed by atoms with E-state index in [-0.39, 0.29) is 0 Å². The number of aromatic nitrogens is 1. The van der Waals surface area contributed by atoms with Crippen LogP contribution >= 0.6 is 11.3 Å². The number of nitrogens with zero attached hydrogens (tertiary/aromatic N) is 1. The van der Waals surface area contributed by atoms with E-state index in [1.165, 1.54) is 18.3 Å². The van der Waals surface area contributed by atoms with Crippen LogP contribution in [0.5, 0.6) is 0 Å². The zero-order chi connectivity index (χ0) is 18.5. The lowest BCUT2D eigenvalue weighted by molar-refractivity contribution is -0.123. The molecule has 0 spiro atoms. The van der Waals surface area contributed by atoms with Crippen molar-refractivity contribution in [2.45, 2.75) is 20.0 Å². The molecular weight excluding hydrogens is 348 g/mol. The quantitative estimate of drug-likeness (QED) is 0.684. The second-order valence-electron chi connectivity index (χ2n) is 5.81. The molecule has 0 unspecified atom stereocenters. The molecule has 0 aliphatic heterocycles. The lowest BCUT2D eigenvalue weighted by Crippen LogP contribution is -2.30. The van der Waals surface area contributed by atoms with E-state index in [1.54, 1.807) is 18.2 Å². The van der Waals surface area contributed by atoms with Crippen molar-refractivity contribution in [1.29, 1.82) is 0 Å². The first kappa shape index (κ1) is 17.8. The molecule has 132 valence electrons. The van der Waals surface area contributed by atoms with Crippen LogP contribution < -0.4 is 5.32 Å². The number of anilines is 1. The predicted octanol–water partition coefficient (Wildman–Crippen LogP) is 4.30. The lowest BCUT2D eigenvalue weighted by atomic mass is 10.1. The minimum Gasteiger partial charge on any atom is -0.449 e. The second-order valence-corrected chi connectivity index (χ2v) is 6.67. The van der Waals surface area contributed by atoms with Gasteiger partial charge in [0.05, 0.1) is 11.3 Å². The van der Waals surface area contributed by atoms with E-state index in [1.807, 2.05) is 48.7 Å². The molecule has 0 aliphatic carbocycles. The monoisotopic (exact) mass is 366 g/mol. The number of benzene rings is 2. The van der Waals surface area contributed by atoms with E-state index < -0.39 is 18.0 Å². The molecule has 3 rings (SSSR count). The van der Waals surface area contributed by atoms with Gasteiger partial charge in [-0.3, -0.25) is 10.1 Å². The van der Waals surface area contributed by atoms with Gasteiger partial charge in [0.25, 0.3) is 5.91 Å². The number of carbonyl (C=O) groups is 2. The fourth-order valence-electron chi connectivity index (χ4n) is 2.33. The van der Waals surface area contributed by atoms with Crippen LogP contribution in [-0.4, -0.2) is 23.0 Å². The van der Waals surface area contributed by atoms with Crippen LogP contribution in [0.4, 0.5) is 5.13 Å². The molecule has 0 aliphatic rings. The van der Waals surface area contributed by atoms with Crippen molar-refractivity contribution < 1.29 is 14.3 Å². The van der Waals surface area contributed by atoms with Gasteiger partial charge in [-0.05, 0) is 26.0 Å². The van der Waals surface area contributed by atoms with Crippen molar-refractivity contribution in [3.8, 4) is 11.3 Å². The Morgan fingerprint density at radius 2 is 1.88 bits per heavy atom. The molecule has 26 heavy (non-hydrogen) atoms. The Hall–Kier alpha value is -2.99. The molecule has 0 saturated carbocycles. The van der Waals surface area contributed by atoms with Crippen LogP contribution in [0, 0.1) is 6.92 Å². The highest BCUT2D eigenvalue weighted by atomic mass is 32.1. The van der Waals surface area contributed by atoms with Gasteiger partial charge in [-0.25, -0.2) is 9.78 Å². The molecule has 0 saturated heterocycles. The van der Waals surface area contributed by atoms with Crippen LogP contribution in [-0.2, 0) is 9.53 Å². The van der Waals surface area contributed by atoms with Crippen molar-refractivity contribution in [2.75, 3.05) is 5.32 Å². The van der Waals surface area contributed by atoms with E-state index in [0.717, 1.165) is 16.8 Å². The van der Waals surface area contributed by atoms with Gasteiger partial charge in [0.1, 0.15) is 0 Å². The van der Waals surface area contributed by atoms with Crippen LogP contribution in [0.15, 0.2) is 60.0 Å². The first-order valence-electron chi connectivity index (χ1n) is 8.12. The van der Waals surface area contributed by atoms with Gasteiger partial charge in [-0.1, -0.05) is 48.0 Å². The molecule has 6 heteroatoms. The Bertz CT molecular complexity index is 922. The molecule has 0 bridgehead atoms. The zero-order valence-electron chi connectivity index (χ0n) is 14.4. The third kappa shape index (κ3) is 4.34. The Kier molecular flexibility index (Phi) is 5.43. The number of rotatable bonds is 5. The summed E-state index contributed by atoms with van der Waals surface area (Å²) in [7, 11) is 0. The van der Waals surface area contributed by atoms with E-state index in [2.05, 4.69) is 10.3 Å². The lowest BCUT2D eigenvalue weighted by Gasteiger charge is -2.12. The fourth-order valence-corrected chi connectivity index (χ4v) is 3.06. The number of carbonyl (C=O) groups excluding carboxylic acids is 2. The van der Waals surface area contributed by atoms with E-state index in [4.69, 9.17) is 4.74 Å². The number of hydrogen-bond acceptors (Lipinski definition) is 5. The zero-order valence-corrected chi connectivity index (χ0v) is 15.2. The summed E-state index contributed by atoms with van der Waals surface area (Å²) in [6.07, 6.45) is -0.924. The molecular formula is C20H18N2O3S. The standard InChI is InChI=1S/C20H18N2O3S/c1-13-7-6-10-16(11-13)19(24)25-14(2)18(23)22-20-21-17(12-26-20)15-8-4-3-5-9-15/h3-12,14H,1-2H3,(H,21,22,23)/t14-/m1/s1. The molecule has 2 aromatic carbocycles. The summed E-state index contributed by atoms with van der Waals surface area (Å²) in [6.45, 7) is 3.43. The van der Waals surface area contributed by atoms with Gasteiger partial charge < -0.3 is 4.74 Å². The van der Waals surface area contributed by atoms with E-state index >= 15 is 0 Å². The summed E-state index contributed by atoms with van der Waals surface area (Å²) in [4.78, 5) is 28.8. The summed E-state index contributed by atoms with van der Waals surface area (Å²) < 4.78 is 5.24. The average Bonchev–Trinajstić information content (AvgIpc) is 3.11. The number of nitrogens with one attached hydrogen (secondary N) is 1. The fraction of sp³-hybridized carbons (Fsp3) is 0.150. The van der Waals surface area contributed by atoms with Crippen LogP contribution in [0.3, 0.4) is 0 Å². The third-order valence-corrected chi connectivity index (χ3v) is 4.47. The van der Waals surface area contributed by atoms with Gasteiger partial charge in [0, 0.05) is 10.9 Å². The predicted molar refractivity (Wildman–Crippen MR) is 102 cm³/mol. The summed E-state index contributed by atoms with van der Waals surface area (Å²) in [6, 6.07) is 16.7. The number of aryl methyl sites for hydroxylation is 1. The molecule has 0 fully saturated rings. The van der Waals surface area contributed by atoms with Crippen molar-refractivity contribution in [3.63, 3.8) is 0 Å². The molecule has 3 aromatic rings. The van der Waals surface area contributed by atoms with Crippen molar-refractivity contribution in [1.82, 2.24) is 4.98 Å². The largest absolute Gasteiger partial charge is 0.449 e. The van der Waals surface area contributed by atoms with Gasteiger partial charge in [-0.15, -0.1) is 11.3 Å². The molecule has 5 nitrogen and oxygen atoms in total. The van der Waals surface area contributed by atoms with Crippen LogP contribution in [0.25, 0.3) is 11.3 Å². The maximum Gasteiger partial charge on any atom is 0.338 e. The highest BCUT2D eigenvalue weighted by molar-refractivity contribution is 7.14. The van der Waals surface area contributed by atoms with Gasteiger partial charge in [0.2, 0.25) is 0 Å². The Morgan fingerprint density at radius 3 is 2.62 bits per heavy atom. The molecule has 1 N–H and O–H groups in total. The summed E-state index contributed by atoms with van der Waals surface area (Å²) in [5, 5.41) is 5.03. The van der Waals surface area contributed by atoms with Crippen molar-refractivity contribution in [2.24, 2.45) is 0 Å². The highest BCUT2D eigenvalue weighted by Crippen LogP contribution is 2.24. The Balaban J connectivity index is 1.61. The maximum atomic E-state index is 12.3. The summed E-state index contributed by atoms with van der Waals surface area (Å²) in [5.74, 6) is -0.944. The van der Waals surface area contributed by atoms with Crippen LogP contribution in [0.1, 0.15) is 22.8 Å². The Labute approximate surface area is 155 Å². The second kappa shape index (κ2) is 7.93. The average molecular weight is 366 g/mol. The third-order valence-electron chi connectivity index (χ3n) is 3.71. The number of amides is 1. The number of esters is 1. The van der Waals surface area contributed by atoms with E-state index in [9.17, 15) is 9.59 Å². The number of ether oxygens (including phenoxy) is 1. The molecule has 0 radical (unpaired) electrons. The topological polar surface area (TPSA) is 68.3 Å². The summed E-state index contributed by atoms with van der Waals surface area (Å²) >= 11 is 1.32. The van der Waals surface area contributed by atoms with Crippen molar-refractivity contribution >= 4 is 28.3 Å². The van der Waals surface area contributed by atoms with Gasteiger partial charge in [-0.2, -0.15) is 0 Å². The highest BCUT2D eigenvalue weighted by Gasteiger charge is 2.20. The molecule has 1 heterocycles. The van der Waals surface area contributed by atoms with Crippen LogP contribution in [0.2, 0.25) is 0 Å². The summed E-state index contributed by atoms with van der Waals surface area (Å²) in [5.41, 5.74) is 3.14.